The Kier molecular flexibility index (Phi) is 6.54. The molecule has 0 unspecified atom stereocenters. The summed E-state index contributed by atoms with van der Waals surface area (Å²) in [6.45, 7) is 9.90. The van der Waals surface area contributed by atoms with E-state index in [1.165, 1.54) is 6.08 Å². The molecular weight excluding hydrogens is 292 g/mol. The van der Waals surface area contributed by atoms with E-state index >= 15 is 0 Å². The second-order valence-corrected chi connectivity index (χ2v) is 7.08. The van der Waals surface area contributed by atoms with Gasteiger partial charge in [-0.05, 0) is 39.0 Å². The zero-order valence-corrected chi connectivity index (χ0v) is 13.6. The molecule has 6 nitrogen and oxygen atoms in total. The zero-order chi connectivity index (χ0) is 16.0. The first-order chi connectivity index (χ1) is 9.76. The van der Waals surface area contributed by atoms with Crippen molar-refractivity contribution in [2.45, 2.75) is 44.1 Å². The van der Waals surface area contributed by atoms with Gasteiger partial charge in [0.15, 0.2) is 0 Å². The molecule has 0 spiro atoms. The van der Waals surface area contributed by atoms with Crippen molar-refractivity contribution in [1.29, 1.82) is 0 Å². The molecule has 2 atom stereocenters. The third-order valence-electron chi connectivity index (χ3n) is 2.86. The molecule has 0 saturated carbocycles. The van der Waals surface area contributed by atoms with Crippen molar-refractivity contribution in [2.75, 3.05) is 19.7 Å². The third-order valence-corrected chi connectivity index (χ3v) is 3.81. The molecule has 120 valence electrons. The quantitative estimate of drug-likeness (QED) is 0.633. The van der Waals surface area contributed by atoms with Crippen molar-refractivity contribution in [1.82, 2.24) is 4.90 Å². The molecular formula is C14H24N2O4S. The smallest absolute Gasteiger partial charge is 0.410 e. The largest absolute Gasteiger partial charge is 0.452 e. The van der Waals surface area contributed by atoms with Gasteiger partial charge in [-0.1, -0.05) is 12.7 Å². The fourth-order valence-corrected chi connectivity index (χ4v) is 3.15. The van der Waals surface area contributed by atoms with Crippen molar-refractivity contribution >= 4 is 23.2 Å². The second kappa shape index (κ2) is 7.70. The fraction of sp³-hybridized carbons (Fsp3) is 0.714. The summed E-state index contributed by atoms with van der Waals surface area (Å²) in [5.41, 5.74) is 5.18. The highest BCUT2D eigenvalue weighted by Crippen LogP contribution is 2.30. The van der Waals surface area contributed by atoms with E-state index in [1.54, 1.807) is 4.90 Å². The van der Waals surface area contributed by atoms with Crippen molar-refractivity contribution in [2.24, 2.45) is 5.73 Å². The van der Waals surface area contributed by atoms with Crippen LogP contribution >= 0.6 is 11.8 Å². The van der Waals surface area contributed by atoms with Gasteiger partial charge in [0.25, 0.3) is 0 Å². The van der Waals surface area contributed by atoms with Crippen LogP contribution in [-0.2, 0) is 9.47 Å². The Morgan fingerprint density at radius 3 is 2.67 bits per heavy atom. The summed E-state index contributed by atoms with van der Waals surface area (Å²) < 4.78 is 10.3. The summed E-state index contributed by atoms with van der Waals surface area (Å²) in [4.78, 5) is 25.3. The van der Waals surface area contributed by atoms with E-state index in [0.29, 0.717) is 19.5 Å². The average Bonchev–Trinajstić information content (AvgIpc) is 2.76. The molecule has 1 amide bonds. The van der Waals surface area contributed by atoms with Crippen molar-refractivity contribution in [3.8, 4) is 0 Å². The Balaban J connectivity index is 2.54. The predicted molar refractivity (Wildman–Crippen MR) is 83.3 cm³/mol. The monoisotopic (exact) mass is 316 g/mol. The molecule has 1 aliphatic rings. The predicted octanol–water partition coefficient (Wildman–Crippen LogP) is 2.38. The molecule has 1 heterocycles. The molecule has 0 aromatic rings. The normalized spacial score (nSPS) is 22.0. The van der Waals surface area contributed by atoms with Gasteiger partial charge in [-0.25, -0.2) is 9.59 Å². The van der Waals surface area contributed by atoms with Crippen LogP contribution in [0.3, 0.4) is 0 Å². The molecule has 0 aromatic carbocycles. The summed E-state index contributed by atoms with van der Waals surface area (Å²) in [7, 11) is 0. The first-order valence-electron chi connectivity index (χ1n) is 6.90. The highest BCUT2D eigenvalue weighted by molar-refractivity contribution is 8.13. The number of hydrogen-bond donors (Lipinski definition) is 1. The SMILES string of the molecule is C=CCOC(=O)N1C[C@@H](SC(=O)OC(C)(C)C)C[C@H]1CN. The standard InChI is InChI=1S/C14H24N2O4S/c1-5-6-19-12(17)16-9-11(7-10(16)8-15)21-13(18)20-14(2,3)4/h5,10-11H,1,6-9,15H2,2-4H3/t10-,11-/m0/s1. The number of likely N-dealkylation sites (tertiary alicyclic amines) is 1. The van der Waals surface area contributed by atoms with Crippen LogP contribution in [0.25, 0.3) is 0 Å². The molecule has 1 aliphatic heterocycles. The Labute approximate surface area is 130 Å². The van der Waals surface area contributed by atoms with Gasteiger partial charge >= 0.3 is 11.4 Å². The zero-order valence-electron chi connectivity index (χ0n) is 12.8. The summed E-state index contributed by atoms with van der Waals surface area (Å²) in [5.74, 6) is 0. The molecule has 1 saturated heterocycles. The van der Waals surface area contributed by atoms with Crippen LogP contribution in [0.1, 0.15) is 27.2 Å². The number of nitrogens with two attached hydrogens (primary N) is 1. The van der Waals surface area contributed by atoms with Gasteiger partial charge in [-0.3, -0.25) is 0 Å². The number of hydrogen-bond acceptors (Lipinski definition) is 6. The van der Waals surface area contributed by atoms with Gasteiger partial charge in [-0.2, -0.15) is 0 Å². The first-order valence-corrected chi connectivity index (χ1v) is 7.78. The third kappa shape index (κ3) is 5.97. The lowest BCUT2D eigenvalue weighted by molar-refractivity contribution is 0.0736. The topological polar surface area (TPSA) is 81.9 Å². The Morgan fingerprint density at radius 1 is 1.48 bits per heavy atom. The molecule has 2 N–H and O–H groups in total. The molecule has 7 heteroatoms. The number of carbonyl (C=O) groups excluding carboxylic acids is 2. The summed E-state index contributed by atoms with van der Waals surface area (Å²) >= 11 is 1.11. The molecule has 1 rings (SSSR count). The maximum atomic E-state index is 11.9. The molecule has 0 radical (unpaired) electrons. The summed E-state index contributed by atoms with van der Waals surface area (Å²) in [5, 5.41) is -0.353. The minimum atomic E-state index is -0.515. The van der Waals surface area contributed by atoms with Crippen LogP contribution in [0.4, 0.5) is 9.59 Å². The van der Waals surface area contributed by atoms with E-state index in [9.17, 15) is 9.59 Å². The Morgan fingerprint density at radius 2 is 2.14 bits per heavy atom. The van der Waals surface area contributed by atoms with Gasteiger partial charge in [0, 0.05) is 24.4 Å². The van der Waals surface area contributed by atoms with Crippen LogP contribution in [0.2, 0.25) is 0 Å². The number of nitrogens with zero attached hydrogens (tertiary/aromatic N) is 1. The average molecular weight is 316 g/mol. The maximum absolute atomic E-state index is 11.9. The summed E-state index contributed by atoms with van der Waals surface area (Å²) in [6.07, 6.45) is 1.75. The summed E-state index contributed by atoms with van der Waals surface area (Å²) in [6, 6.07) is -0.109. The molecule has 1 fully saturated rings. The lowest BCUT2D eigenvalue weighted by Crippen LogP contribution is -2.40. The van der Waals surface area contributed by atoms with Crippen LogP contribution < -0.4 is 5.73 Å². The first kappa shape index (κ1) is 17.8. The second-order valence-electron chi connectivity index (χ2n) is 5.85. The van der Waals surface area contributed by atoms with Gasteiger partial charge in [-0.15, -0.1) is 0 Å². The number of rotatable bonds is 4. The van der Waals surface area contributed by atoms with Crippen LogP contribution in [0.15, 0.2) is 12.7 Å². The van der Waals surface area contributed by atoms with Crippen molar-refractivity contribution in [3.63, 3.8) is 0 Å². The van der Waals surface area contributed by atoms with E-state index in [-0.39, 0.29) is 23.2 Å². The Bertz CT molecular complexity index is 395. The number of thioether (sulfide) groups is 1. The minimum Gasteiger partial charge on any atom is -0.452 e. The van der Waals surface area contributed by atoms with E-state index in [4.69, 9.17) is 15.2 Å². The molecule has 0 bridgehead atoms. The number of ether oxygens (including phenoxy) is 2. The molecule has 0 aliphatic carbocycles. The van der Waals surface area contributed by atoms with Gasteiger partial charge in [0.05, 0.1) is 0 Å². The van der Waals surface area contributed by atoms with Crippen LogP contribution in [0, 0.1) is 0 Å². The number of carbonyl (C=O) groups is 2. The maximum Gasteiger partial charge on any atom is 0.410 e. The van der Waals surface area contributed by atoms with E-state index in [2.05, 4.69) is 6.58 Å². The minimum absolute atomic E-state index is 0.0234. The van der Waals surface area contributed by atoms with Crippen LogP contribution in [-0.4, -0.2) is 52.9 Å². The lowest BCUT2D eigenvalue weighted by atomic mass is 10.2. The fourth-order valence-electron chi connectivity index (χ4n) is 2.03. The van der Waals surface area contributed by atoms with Gasteiger partial charge in [0.2, 0.25) is 0 Å². The van der Waals surface area contributed by atoms with Crippen molar-refractivity contribution in [3.05, 3.63) is 12.7 Å². The van der Waals surface area contributed by atoms with Crippen LogP contribution in [0.5, 0.6) is 0 Å². The highest BCUT2D eigenvalue weighted by Gasteiger charge is 2.37. The Hall–Kier alpha value is -1.21. The number of amides is 1. The van der Waals surface area contributed by atoms with Gasteiger partial charge < -0.3 is 20.1 Å². The van der Waals surface area contributed by atoms with E-state index < -0.39 is 11.7 Å². The van der Waals surface area contributed by atoms with Crippen molar-refractivity contribution < 1.29 is 19.1 Å². The van der Waals surface area contributed by atoms with Gasteiger partial charge in [0.1, 0.15) is 12.2 Å². The van der Waals surface area contributed by atoms with E-state index in [0.717, 1.165) is 11.8 Å². The van der Waals surface area contributed by atoms with E-state index in [1.807, 2.05) is 20.8 Å². The lowest BCUT2D eigenvalue weighted by Gasteiger charge is -2.22. The molecule has 0 aromatic heterocycles. The molecule has 21 heavy (non-hydrogen) atoms. The highest BCUT2D eigenvalue weighted by atomic mass is 32.2.